The number of para-hydroxylation sites is 1. The van der Waals surface area contributed by atoms with Crippen LogP contribution in [0.25, 0.3) is 0 Å². The fourth-order valence-electron chi connectivity index (χ4n) is 2.79. The van der Waals surface area contributed by atoms with Gasteiger partial charge in [-0.05, 0) is 32.0 Å². The minimum absolute atomic E-state index is 0.00478. The lowest BCUT2D eigenvalue weighted by Gasteiger charge is -2.17. The second-order valence-corrected chi connectivity index (χ2v) is 6.59. The summed E-state index contributed by atoms with van der Waals surface area (Å²) in [5.41, 5.74) is 0.896. The van der Waals surface area contributed by atoms with E-state index in [9.17, 15) is 9.18 Å². The molecule has 0 saturated heterocycles. The van der Waals surface area contributed by atoms with Crippen molar-refractivity contribution in [2.24, 2.45) is 0 Å². The van der Waals surface area contributed by atoms with Crippen LogP contribution in [0.4, 0.5) is 4.39 Å². The van der Waals surface area contributed by atoms with Crippen molar-refractivity contribution in [1.82, 2.24) is 5.32 Å². The van der Waals surface area contributed by atoms with E-state index in [0.717, 1.165) is 17.7 Å². The zero-order chi connectivity index (χ0) is 18.6. The first kappa shape index (κ1) is 17.8. The highest BCUT2D eigenvalue weighted by molar-refractivity contribution is 5.94. The van der Waals surface area contributed by atoms with Gasteiger partial charge in [-0.15, -0.1) is 0 Å². The zero-order valence-electron chi connectivity index (χ0n) is 14.8. The fourth-order valence-corrected chi connectivity index (χ4v) is 2.79. The maximum absolute atomic E-state index is 13.5. The topological polar surface area (TPSA) is 47.6 Å². The van der Waals surface area contributed by atoms with Gasteiger partial charge in [0.15, 0.2) is 11.5 Å². The third-order valence-corrected chi connectivity index (χ3v) is 3.94. The van der Waals surface area contributed by atoms with E-state index in [1.165, 1.54) is 18.2 Å². The van der Waals surface area contributed by atoms with Crippen LogP contribution in [0.1, 0.15) is 29.8 Å². The van der Waals surface area contributed by atoms with Crippen LogP contribution in [0.3, 0.4) is 0 Å². The smallest absolute Gasteiger partial charge is 0.255 e. The molecule has 0 spiro atoms. The predicted octanol–water partition coefficient (Wildman–Crippen LogP) is 3.35. The molecule has 0 saturated carbocycles. The predicted molar refractivity (Wildman–Crippen MR) is 96.9 cm³/mol. The number of hydrogen-bond acceptors (Lipinski definition) is 3. The van der Waals surface area contributed by atoms with Crippen LogP contribution < -0.4 is 14.8 Å². The summed E-state index contributed by atoms with van der Waals surface area (Å²) >= 11 is 0. The van der Waals surface area contributed by atoms with E-state index in [-0.39, 0.29) is 24.3 Å². The van der Waals surface area contributed by atoms with Crippen LogP contribution in [-0.2, 0) is 6.42 Å². The van der Waals surface area contributed by atoms with Crippen molar-refractivity contribution in [3.05, 3.63) is 59.4 Å². The Morgan fingerprint density at radius 2 is 2.04 bits per heavy atom. The molecule has 26 heavy (non-hydrogen) atoms. The highest BCUT2D eigenvalue weighted by atomic mass is 19.1. The number of amides is 1. The lowest BCUT2D eigenvalue weighted by atomic mass is 10.0. The summed E-state index contributed by atoms with van der Waals surface area (Å²) in [6.07, 6.45) is 0.841. The Labute approximate surface area is 152 Å². The highest BCUT2D eigenvalue weighted by Gasteiger charge is 2.32. The Kier molecular flexibility index (Phi) is 5.13. The van der Waals surface area contributed by atoms with Crippen LogP contribution in [0.5, 0.6) is 11.5 Å². The Bertz CT molecular complexity index is 880. The largest absolute Gasteiger partial charge is 0.483 e. The molecular weight excluding hydrogens is 333 g/mol. The molecule has 1 aliphatic rings. The van der Waals surface area contributed by atoms with E-state index in [1.54, 1.807) is 6.07 Å². The number of hydrogen-bond donors (Lipinski definition) is 1. The Morgan fingerprint density at radius 3 is 2.85 bits per heavy atom. The van der Waals surface area contributed by atoms with E-state index < -0.39 is 11.7 Å². The molecule has 0 aromatic heterocycles. The van der Waals surface area contributed by atoms with Gasteiger partial charge in [-0.25, -0.2) is 4.39 Å². The number of ether oxygens (including phenoxy) is 2. The van der Waals surface area contributed by atoms with Gasteiger partial charge in [0.25, 0.3) is 5.91 Å². The number of carbonyl (C=O) groups excluding carboxylic acids is 1. The molecule has 4 nitrogen and oxygen atoms in total. The first-order chi connectivity index (χ1) is 12.5. The molecule has 1 N–H and O–H groups in total. The molecule has 1 aliphatic heterocycles. The average Bonchev–Trinajstić information content (AvgIpc) is 2.92. The Hall–Kier alpha value is -3.00. The van der Waals surface area contributed by atoms with Gasteiger partial charge in [0.2, 0.25) is 0 Å². The van der Waals surface area contributed by atoms with Crippen LogP contribution in [0, 0.1) is 17.7 Å². The standard InChI is InChI=1S/C21H20FNO3/c1-21(2)14-15-8-7-11-18(19(15)26-21)25-13-6-5-12-23-20(24)16-9-3-4-10-17(16)22/h3-4,7-11H,12-14H2,1-2H3,(H,23,24). The number of rotatable bonds is 4. The van der Waals surface area contributed by atoms with Gasteiger partial charge in [0.05, 0.1) is 12.1 Å². The van der Waals surface area contributed by atoms with Crippen LogP contribution >= 0.6 is 0 Å². The van der Waals surface area contributed by atoms with Crippen LogP contribution in [0.15, 0.2) is 42.5 Å². The van der Waals surface area contributed by atoms with E-state index in [1.807, 2.05) is 32.0 Å². The number of benzene rings is 2. The van der Waals surface area contributed by atoms with E-state index in [4.69, 9.17) is 9.47 Å². The van der Waals surface area contributed by atoms with Crippen molar-refractivity contribution in [1.29, 1.82) is 0 Å². The monoisotopic (exact) mass is 353 g/mol. The SMILES string of the molecule is CC1(C)Cc2cccc(OCC#CCNC(=O)c3ccccc3F)c2O1. The van der Waals surface area contributed by atoms with Crippen molar-refractivity contribution in [2.75, 3.05) is 13.2 Å². The molecular formula is C21H20FNO3. The lowest BCUT2D eigenvalue weighted by Crippen LogP contribution is -2.24. The number of carbonyl (C=O) groups is 1. The molecule has 0 atom stereocenters. The molecule has 5 heteroatoms. The first-order valence-corrected chi connectivity index (χ1v) is 8.38. The minimum atomic E-state index is -0.554. The molecule has 0 unspecified atom stereocenters. The summed E-state index contributed by atoms with van der Waals surface area (Å²) in [6, 6.07) is 11.6. The second kappa shape index (κ2) is 7.49. The molecule has 1 heterocycles. The lowest BCUT2D eigenvalue weighted by molar-refractivity contribution is 0.0954. The maximum Gasteiger partial charge on any atom is 0.255 e. The van der Waals surface area contributed by atoms with Gasteiger partial charge in [-0.2, -0.15) is 0 Å². The first-order valence-electron chi connectivity index (χ1n) is 8.38. The van der Waals surface area contributed by atoms with E-state index in [0.29, 0.717) is 5.75 Å². The van der Waals surface area contributed by atoms with Gasteiger partial charge in [-0.3, -0.25) is 4.79 Å². The zero-order valence-corrected chi connectivity index (χ0v) is 14.8. The quantitative estimate of drug-likeness (QED) is 0.858. The summed E-state index contributed by atoms with van der Waals surface area (Å²) < 4.78 is 25.1. The molecule has 3 rings (SSSR count). The molecule has 0 aliphatic carbocycles. The summed E-state index contributed by atoms with van der Waals surface area (Å²) in [7, 11) is 0. The van der Waals surface area contributed by atoms with Crippen molar-refractivity contribution in [2.45, 2.75) is 25.9 Å². The average molecular weight is 353 g/mol. The van der Waals surface area contributed by atoms with Crippen LogP contribution in [0.2, 0.25) is 0 Å². The molecule has 0 radical (unpaired) electrons. The van der Waals surface area contributed by atoms with Crippen molar-refractivity contribution in [3.8, 4) is 23.3 Å². The van der Waals surface area contributed by atoms with Gasteiger partial charge in [-0.1, -0.05) is 36.1 Å². The maximum atomic E-state index is 13.5. The van der Waals surface area contributed by atoms with Crippen molar-refractivity contribution in [3.63, 3.8) is 0 Å². The van der Waals surface area contributed by atoms with Gasteiger partial charge >= 0.3 is 0 Å². The normalized spacial score (nSPS) is 13.8. The summed E-state index contributed by atoms with van der Waals surface area (Å²) in [5.74, 6) is 6.01. The third kappa shape index (κ3) is 4.15. The molecule has 0 bridgehead atoms. The van der Waals surface area contributed by atoms with E-state index >= 15 is 0 Å². The van der Waals surface area contributed by atoms with Crippen molar-refractivity contribution < 1.29 is 18.7 Å². The van der Waals surface area contributed by atoms with E-state index in [2.05, 4.69) is 17.2 Å². The minimum Gasteiger partial charge on any atom is -0.483 e. The van der Waals surface area contributed by atoms with Gasteiger partial charge < -0.3 is 14.8 Å². The summed E-state index contributed by atoms with van der Waals surface area (Å²) in [6.45, 7) is 4.37. The number of fused-ring (bicyclic) bond motifs is 1. The molecule has 1 amide bonds. The molecule has 2 aromatic rings. The van der Waals surface area contributed by atoms with Gasteiger partial charge in [0, 0.05) is 12.0 Å². The summed E-state index contributed by atoms with van der Waals surface area (Å²) in [5, 5.41) is 2.56. The molecule has 134 valence electrons. The second-order valence-electron chi connectivity index (χ2n) is 6.59. The fraction of sp³-hybridized carbons (Fsp3) is 0.286. The molecule has 0 fully saturated rings. The summed E-state index contributed by atoms with van der Waals surface area (Å²) in [4.78, 5) is 11.8. The number of halogens is 1. The van der Waals surface area contributed by atoms with Gasteiger partial charge in [0.1, 0.15) is 18.0 Å². The third-order valence-electron chi connectivity index (χ3n) is 3.94. The Balaban J connectivity index is 1.50. The van der Waals surface area contributed by atoms with Crippen LogP contribution in [-0.4, -0.2) is 24.7 Å². The van der Waals surface area contributed by atoms with Crippen molar-refractivity contribution >= 4 is 5.91 Å². The Morgan fingerprint density at radius 1 is 1.23 bits per heavy atom. The highest BCUT2D eigenvalue weighted by Crippen LogP contribution is 2.41. The molecule has 2 aromatic carbocycles. The number of nitrogens with one attached hydrogen (secondary N) is 1.